The van der Waals surface area contributed by atoms with Crippen molar-refractivity contribution in [3.05, 3.63) is 30.1 Å². The highest BCUT2D eigenvalue weighted by molar-refractivity contribution is 7.89. The Bertz CT molecular complexity index is 604. The van der Waals surface area contributed by atoms with Gasteiger partial charge in [0, 0.05) is 31.9 Å². The molecule has 1 aliphatic rings. The fourth-order valence-corrected chi connectivity index (χ4v) is 3.43. The Balaban J connectivity index is 1.92. The molecule has 122 valence electrons. The van der Waals surface area contributed by atoms with E-state index in [1.807, 2.05) is 6.07 Å². The minimum Gasteiger partial charge on any atom is -0.379 e. The van der Waals surface area contributed by atoms with Crippen LogP contribution in [-0.4, -0.2) is 62.7 Å². The summed E-state index contributed by atoms with van der Waals surface area (Å²) in [5, 5.41) is 2.85. The number of nitrogens with zero attached hydrogens (tertiary/aromatic N) is 2. The van der Waals surface area contributed by atoms with E-state index in [9.17, 15) is 13.2 Å². The maximum atomic E-state index is 12.0. The van der Waals surface area contributed by atoms with Crippen LogP contribution in [0.3, 0.4) is 0 Å². The SMILES string of the molecule is CN(C)S(=O)(=O)C[C@@H]1COC[C@H]1NC(=O)Cc1ccccn1. The molecule has 1 amide bonds. The molecular weight excluding hydrogens is 306 g/mol. The van der Waals surface area contributed by atoms with E-state index in [1.54, 1.807) is 18.3 Å². The molecule has 2 rings (SSSR count). The van der Waals surface area contributed by atoms with Crippen molar-refractivity contribution in [2.75, 3.05) is 33.1 Å². The minimum atomic E-state index is -3.32. The van der Waals surface area contributed by atoms with Crippen LogP contribution in [0, 0.1) is 5.92 Å². The summed E-state index contributed by atoms with van der Waals surface area (Å²) in [6.45, 7) is 0.670. The predicted molar refractivity (Wildman–Crippen MR) is 81.7 cm³/mol. The number of pyridine rings is 1. The van der Waals surface area contributed by atoms with Crippen molar-refractivity contribution in [3.63, 3.8) is 0 Å². The molecule has 1 N–H and O–H groups in total. The number of aromatic nitrogens is 1. The van der Waals surface area contributed by atoms with Crippen LogP contribution in [0.2, 0.25) is 0 Å². The van der Waals surface area contributed by atoms with E-state index in [0.29, 0.717) is 18.9 Å². The van der Waals surface area contributed by atoms with Gasteiger partial charge in [-0.2, -0.15) is 0 Å². The summed E-state index contributed by atoms with van der Waals surface area (Å²) < 4.78 is 30.4. The Morgan fingerprint density at radius 2 is 2.18 bits per heavy atom. The topological polar surface area (TPSA) is 88.6 Å². The van der Waals surface area contributed by atoms with Crippen LogP contribution in [0.4, 0.5) is 0 Å². The van der Waals surface area contributed by atoms with Gasteiger partial charge in [0.25, 0.3) is 0 Å². The zero-order valence-corrected chi connectivity index (χ0v) is 13.5. The van der Waals surface area contributed by atoms with E-state index in [2.05, 4.69) is 10.3 Å². The fourth-order valence-electron chi connectivity index (χ4n) is 2.27. The second kappa shape index (κ2) is 7.17. The lowest BCUT2D eigenvalue weighted by Crippen LogP contribution is -2.44. The maximum Gasteiger partial charge on any atom is 0.226 e. The Kier molecular flexibility index (Phi) is 5.49. The van der Waals surface area contributed by atoms with Gasteiger partial charge in [0.15, 0.2) is 0 Å². The maximum absolute atomic E-state index is 12.0. The lowest BCUT2D eigenvalue weighted by molar-refractivity contribution is -0.121. The molecule has 7 nitrogen and oxygen atoms in total. The Morgan fingerprint density at radius 1 is 1.41 bits per heavy atom. The van der Waals surface area contributed by atoms with Crippen LogP contribution in [-0.2, 0) is 26.0 Å². The predicted octanol–water partition coefficient (Wildman–Crippen LogP) is -0.353. The summed E-state index contributed by atoms with van der Waals surface area (Å²) in [7, 11) is -0.320. The third kappa shape index (κ3) is 4.49. The molecular formula is C14H21N3O4S. The van der Waals surface area contributed by atoms with Gasteiger partial charge < -0.3 is 10.1 Å². The fraction of sp³-hybridized carbons (Fsp3) is 0.571. The number of carbonyl (C=O) groups is 1. The average Bonchev–Trinajstić information content (AvgIpc) is 2.86. The molecule has 0 bridgehead atoms. The Labute approximate surface area is 130 Å². The van der Waals surface area contributed by atoms with E-state index in [1.165, 1.54) is 18.4 Å². The normalized spacial score (nSPS) is 22.0. The van der Waals surface area contributed by atoms with Crippen LogP contribution >= 0.6 is 0 Å². The van der Waals surface area contributed by atoms with Crippen molar-refractivity contribution < 1.29 is 17.9 Å². The quantitative estimate of drug-likeness (QED) is 0.771. The highest BCUT2D eigenvalue weighted by Crippen LogP contribution is 2.17. The van der Waals surface area contributed by atoms with Gasteiger partial charge in [-0.05, 0) is 12.1 Å². The highest BCUT2D eigenvalue weighted by atomic mass is 32.2. The van der Waals surface area contributed by atoms with Gasteiger partial charge in [0.2, 0.25) is 15.9 Å². The van der Waals surface area contributed by atoms with Gasteiger partial charge >= 0.3 is 0 Å². The van der Waals surface area contributed by atoms with Gasteiger partial charge in [-0.15, -0.1) is 0 Å². The lowest BCUT2D eigenvalue weighted by Gasteiger charge is -2.21. The molecule has 1 aromatic heterocycles. The van der Waals surface area contributed by atoms with E-state index < -0.39 is 10.0 Å². The van der Waals surface area contributed by atoms with Crippen molar-refractivity contribution in [2.45, 2.75) is 12.5 Å². The van der Waals surface area contributed by atoms with Gasteiger partial charge in [-0.3, -0.25) is 9.78 Å². The van der Waals surface area contributed by atoms with Gasteiger partial charge in [-0.1, -0.05) is 6.07 Å². The molecule has 0 spiro atoms. The second-order valence-electron chi connectivity index (χ2n) is 5.53. The molecule has 0 unspecified atom stereocenters. The minimum absolute atomic E-state index is 0.0332. The molecule has 22 heavy (non-hydrogen) atoms. The third-order valence-electron chi connectivity index (χ3n) is 3.59. The summed E-state index contributed by atoms with van der Waals surface area (Å²) in [4.78, 5) is 16.1. The molecule has 2 atom stereocenters. The Hall–Kier alpha value is -1.51. The summed E-state index contributed by atoms with van der Waals surface area (Å²) in [5.74, 6) is -0.448. The molecule has 2 heterocycles. The first-order valence-corrected chi connectivity index (χ1v) is 8.66. The molecule has 1 aromatic rings. The first-order chi connectivity index (χ1) is 10.4. The summed E-state index contributed by atoms with van der Waals surface area (Å²) in [6, 6.07) is 5.10. The smallest absolute Gasteiger partial charge is 0.226 e. The number of sulfonamides is 1. The number of ether oxygens (including phenoxy) is 1. The van der Waals surface area contributed by atoms with Crippen molar-refractivity contribution in [1.29, 1.82) is 0 Å². The van der Waals surface area contributed by atoms with Crippen molar-refractivity contribution in [2.24, 2.45) is 5.92 Å². The second-order valence-corrected chi connectivity index (χ2v) is 7.76. The number of rotatable bonds is 6. The molecule has 0 aromatic carbocycles. The van der Waals surface area contributed by atoms with Crippen molar-refractivity contribution in [3.8, 4) is 0 Å². The molecule has 1 aliphatic heterocycles. The largest absolute Gasteiger partial charge is 0.379 e. The average molecular weight is 327 g/mol. The molecule has 8 heteroatoms. The van der Waals surface area contributed by atoms with Crippen molar-refractivity contribution in [1.82, 2.24) is 14.6 Å². The van der Waals surface area contributed by atoms with Crippen LogP contribution < -0.4 is 5.32 Å². The molecule has 0 radical (unpaired) electrons. The number of hydrogen-bond donors (Lipinski definition) is 1. The first kappa shape index (κ1) is 16.9. The van der Waals surface area contributed by atoms with Gasteiger partial charge in [-0.25, -0.2) is 12.7 Å². The van der Waals surface area contributed by atoms with E-state index in [-0.39, 0.29) is 30.0 Å². The highest BCUT2D eigenvalue weighted by Gasteiger charge is 2.34. The third-order valence-corrected chi connectivity index (χ3v) is 5.56. The van der Waals surface area contributed by atoms with Gasteiger partial charge in [0.1, 0.15) is 0 Å². The van der Waals surface area contributed by atoms with E-state index in [4.69, 9.17) is 4.74 Å². The van der Waals surface area contributed by atoms with Crippen LogP contribution in [0.25, 0.3) is 0 Å². The molecule has 0 aliphatic carbocycles. The summed E-state index contributed by atoms with van der Waals surface area (Å²) in [6.07, 6.45) is 1.80. The van der Waals surface area contributed by atoms with Crippen molar-refractivity contribution >= 4 is 15.9 Å². The molecule has 1 saturated heterocycles. The Morgan fingerprint density at radius 3 is 2.82 bits per heavy atom. The first-order valence-electron chi connectivity index (χ1n) is 7.05. The van der Waals surface area contributed by atoms with Gasteiger partial charge in [0.05, 0.1) is 31.4 Å². The zero-order valence-electron chi connectivity index (χ0n) is 12.7. The van der Waals surface area contributed by atoms with E-state index >= 15 is 0 Å². The molecule has 0 saturated carbocycles. The lowest BCUT2D eigenvalue weighted by atomic mass is 10.1. The van der Waals surface area contributed by atoms with Crippen LogP contribution in [0.1, 0.15) is 5.69 Å². The summed E-state index contributed by atoms with van der Waals surface area (Å²) in [5.41, 5.74) is 0.677. The standard InChI is InChI=1S/C14H21N3O4S/c1-17(2)22(19,20)10-11-8-21-9-13(11)16-14(18)7-12-5-3-4-6-15-12/h3-6,11,13H,7-10H2,1-2H3,(H,16,18)/t11-,13+/m0/s1. The zero-order chi connectivity index (χ0) is 16.2. The number of carbonyl (C=O) groups excluding carboxylic acids is 1. The van der Waals surface area contributed by atoms with E-state index in [0.717, 1.165) is 0 Å². The van der Waals surface area contributed by atoms with Crippen LogP contribution in [0.15, 0.2) is 24.4 Å². The molecule has 1 fully saturated rings. The number of hydrogen-bond acceptors (Lipinski definition) is 5. The monoisotopic (exact) mass is 327 g/mol. The number of amides is 1. The summed E-state index contributed by atoms with van der Waals surface area (Å²) >= 11 is 0. The van der Waals surface area contributed by atoms with Crippen LogP contribution in [0.5, 0.6) is 0 Å². The number of nitrogens with one attached hydrogen (secondary N) is 1.